The molecule has 0 saturated heterocycles. The van der Waals surface area contributed by atoms with Crippen LogP contribution in [0.25, 0.3) is 0 Å². The molecule has 0 saturated carbocycles. The molecule has 25 heavy (non-hydrogen) atoms. The van der Waals surface area contributed by atoms with Crippen LogP contribution in [0.2, 0.25) is 5.02 Å². The molecule has 0 aliphatic carbocycles. The molecule has 1 aromatic heterocycles. The van der Waals surface area contributed by atoms with Gasteiger partial charge in [0.15, 0.2) is 0 Å². The lowest BCUT2D eigenvalue weighted by Crippen LogP contribution is -2.45. The molecule has 1 aromatic carbocycles. The number of anilines is 2. The van der Waals surface area contributed by atoms with Gasteiger partial charge in [-0.05, 0) is 30.2 Å². The predicted octanol–water partition coefficient (Wildman–Crippen LogP) is 2.12. The van der Waals surface area contributed by atoms with Gasteiger partial charge in [0.2, 0.25) is 5.91 Å². The average Bonchev–Trinajstić information content (AvgIpc) is 3.03. The molecule has 2 aliphatic rings. The normalized spacial score (nSPS) is 18.4. The third-order valence-corrected chi connectivity index (χ3v) is 5.07. The Balaban J connectivity index is 1.51. The van der Waals surface area contributed by atoms with Crippen molar-refractivity contribution in [3.05, 3.63) is 46.4 Å². The number of hydrogen-bond donors (Lipinski definition) is 1. The van der Waals surface area contributed by atoms with Crippen LogP contribution in [0.1, 0.15) is 16.8 Å². The van der Waals surface area contributed by atoms with Crippen molar-refractivity contribution in [2.75, 3.05) is 30.9 Å². The van der Waals surface area contributed by atoms with E-state index in [-0.39, 0.29) is 11.9 Å². The molecule has 2 aromatic rings. The van der Waals surface area contributed by atoms with E-state index < -0.39 is 0 Å². The second-order valence-electron chi connectivity index (χ2n) is 6.73. The first kappa shape index (κ1) is 16.1. The topological polar surface area (TPSA) is 61.4 Å². The summed E-state index contributed by atoms with van der Waals surface area (Å²) in [7, 11) is 3.95. The number of carbonyl (C=O) groups is 1. The van der Waals surface area contributed by atoms with Crippen LogP contribution in [-0.4, -0.2) is 47.5 Å². The molecule has 7 heteroatoms. The number of benzene rings is 1. The Bertz CT molecular complexity index is 838. The summed E-state index contributed by atoms with van der Waals surface area (Å²) in [5, 5.41) is 4.02. The third-order valence-electron chi connectivity index (χ3n) is 4.84. The van der Waals surface area contributed by atoms with Gasteiger partial charge in [0.05, 0.1) is 12.2 Å². The standard InChI is InChI=1S/C18H20ClN5O/c1-23(2)17-13-5-6-24(9-16(13)20-10-21-17)18(25)15-8-11-7-12(19)3-4-14(11)22-15/h3-4,7,10,15,22H,5-6,8-9H2,1-2H3/t15-/m1/s1. The van der Waals surface area contributed by atoms with Crippen LogP contribution in [0, 0.1) is 0 Å². The highest BCUT2D eigenvalue weighted by atomic mass is 35.5. The zero-order valence-corrected chi connectivity index (χ0v) is 15.0. The van der Waals surface area contributed by atoms with E-state index in [0.717, 1.165) is 34.7 Å². The van der Waals surface area contributed by atoms with E-state index in [2.05, 4.69) is 15.3 Å². The molecule has 0 unspecified atom stereocenters. The number of halogens is 1. The Kier molecular flexibility index (Phi) is 4.00. The highest BCUT2D eigenvalue weighted by Gasteiger charge is 2.33. The second-order valence-corrected chi connectivity index (χ2v) is 7.17. The van der Waals surface area contributed by atoms with E-state index in [1.54, 1.807) is 6.33 Å². The monoisotopic (exact) mass is 357 g/mol. The summed E-state index contributed by atoms with van der Waals surface area (Å²) in [5.74, 6) is 1.06. The van der Waals surface area contributed by atoms with E-state index in [4.69, 9.17) is 11.6 Å². The molecule has 6 nitrogen and oxygen atoms in total. The van der Waals surface area contributed by atoms with Crippen LogP contribution in [0.4, 0.5) is 11.5 Å². The quantitative estimate of drug-likeness (QED) is 0.892. The first-order valence-electron chi connectivity index (χ1n) is 8.37. The summed E-state index contributed by atoms with van der Waals surface area (Å²) in [6.45, 7) is 1.22. The largest absolute Gasteiger partial charge is 0.373 e. The molecule has 130 valence electrons. The lowest BCUT2D eigenvalue weighted by Gasteiger charge is -2.31. The lowest BCUT2D eigenvalue weighted by atomic mass is 10.0. The number of aromatic nitrogens is 2. The Morgan fingerprint density at radius 3 is 3.00 bits per heavy atom. The van der Waals surface area contributed by atoms with E-state index >= 15 is 0 Å². The van der Waals surface area contributed by atoms with E-state index in [0.29, 0.717) is 24.5 Å². The van der Waals surface area contributed by atoms with E-state index in [9.17, 15) is 4.79 Å². The minimum absolute atomic E-state index is 0.114. The molecule has 0 radical (unpaired) electrons. The summed E-state index contributed by atoms with van der Waals surface area (Å²) in [4.78, 5) is 25.6. The van der Waals surface area contributed by atoms with Crippen molar-refractivity contribution in [2.45, 2.75) is 25.4 Å². The van der Waals surface area contributed by atoms with Crippen LogP contribution < -0.4 is 10.2 Å². The summed E-state index contributed by atoms with van der Waals surface area (Å²) < 4.78 is 0. The van der Waals surface area contributed by atoms with Gasteiger partial charge in [-0.3, -0.25) is 4.79 Å². The Morgan fingerprint density at radius 1 is 1.36 bits per heavy atom. The fourth-order valence-electron chi connectivity index (χ4n) is 3.61. The number of amides is 1. The van der Waals surface area contributed by atoms with Gasteiger partial charge in [-0.1, -0.05) is 11.6 Å². The molecule has 1 N–H and O–H groups in total. The fraction of sp³-hybridized carbons (Fsp3) is 0.389. The lowest BCUT2D eigenvalue weighted by molar-refractivity contribution is -0.132. The van der Waals surface area contributed by atoms with Gasteiger partial charge in [-0.2, -0.15) is 0 Å². The Morgan fingerprint density at radius 2 is 2.20 bits per heavy atom. The number of rotatable bonds is 2. The van der Waals surface area contributed by atoms with Gasteiger partial charge in [-0.25, -0.2) is 9.97 Å². The van der Waals surface area contributed by atoms with Crippen molar-refractivity contribution < 1.29 is 4.79 Å². The van der Waals surface area contributed by atoms with Crippen LogP contribution in [0.5, 0.6) is 0 Å². The third kappa shape index (κ3) is 2.91. The number of nitrogens with zero attached hydrogens (tertiary/aromatic N) is 4. The van der Waals surface area contributed by atoms with Crippen molar-refractivity contribution in [3.63, 3.8) is 0 Å². The number of hydrogen-bond acceptors (Lipinski definition) is 5. The van der Waals surface area contributed by atoms with Crippen molar-refractivity contribution in [3.8, 4) is 0 Å². The fourth-order valence-corrected chi connectivity index (χ4v) is 3.81. The maximum atomic E-state index is 13.0. The maximum Gasteiger partial charge on any atom is 0.245 e. The van der Waals surface area contributed by atoms with Gasteiger partial charge in [-0.15, -0.1) is 0 Å². The van der Waals surface area contributed by atoms with Gasteiger partial charge in [0.25, 0.3) is 0 Å². The second kappa shape index (κ2) is 6.19. The SMILES string of the molecule is CN(C)c1ncnc2c1CCN(C(=O)[C@H]1Cc3cc(Cl)ccc3N1)C2. The van der Waals surface area contributed by atoms with Crippen molar-refractivity contribution >= 4 is 29.0 Å². The number of carbonyl (C=O) groups excluding carboxylic acids is 1. The number of nitrogens with one attached hydrogen (secondary N) is 1. The zero-order valence-electron chi connectivity index (χ0n) is 14.3. The van der Waals surface area contributed by atoms with E-state index in [1.807, 2.05) is 42.1 Å². The minimum Gasteiger partial charge on any atom is -0.373 e. The molecule has 2 aliphatic heterocycles. The molecule has 0 fully saturated rings. The number of fused-ring (bicyclic) bond motifs is 2. The molecular weight excluding hydrogens is 338 g/mol. The predicted molar refractivity (Wildman–Crippen MR) is 98.0 cm³/mol. The van der Waals surface area contributed by atoms with Gasteiger partial charge in [0, 0.05) is 43.3 Å². The van der Waals surface area contributed by atoms with Crippen molar-refractivity contribution in [2.24, 2.45) is 0 Å². The summed E-state index contributed by atoms with van der Waals surface area (Å²) in [5.41, 5.74) is 4.18. The Hall–Kier alpha value is -2.34. The summed E-state index contributed by atoms with van der Waals surface area (Å²) in [6.07, 6.45) is 3.03. The maximum absolute atomic E-state index is 13.0. The van der Waals surface area contributed by atoms with Crippen molar-refractivity contribution in [1.29, 1.82) is 0 Å². The molecular formula is C18H20ClN5O. The van der Waals surface area contributed by atoms with Crippen LogP contribution in [0.15, 0.2) is 24.5 Å². The summed E-state index contributed by atoms with van der Waals surface area (Å²) >= 11 is 6.05. The molecule has 1 amide bonds. The molecule has 3 heterocycles. The molecule has 4 rings (SSSR count). The first-order valence-corrected chi connectivity index (χ1v) is 8.74. The van der Waals surface area contributed by atoms with E-state index in [1.165, 1.54) is 0 Å². The molecule has 0 spiro atoms. The van der Waals surface area contributed by atoms with Crippen molar-refractivity contribution in [1.82, 2.24) is 14.9 Å². The van der Waals surface area contributed by atoms with Crippen LogP contribution in [-0.2, 0) is 24.2 Å². The van der Waals surface area contributed by atoms with Crippen LogP contribution in [0.3, 0.4) is 0 Å². The highest BCUT2D eigenvalue weighted by molar-refractivity contribution is 6.30. The molecule has 1 atom stereocenters. The van der Waals surface area contributed by atoms with Gasteiger partial charge >= 0.3 is 0 Å². The highest BCUT2D eigenvalue weighted by Crippen LogP contribution is 2.30. The Labute approximate surface area is 151 Å². The van der Waals surface area contributed by atoms with Crippen LogP contribution >= 0.6 is 11.6 Å². The first-order chi connectivity index (χ1) is 12.0. The zero-order chi connectivity index (χ0) is 17.6. The molecule has 0 bridgehead atoms. The minimum atomic E-state index is -0.231. The smallest absolute Gasteiger partial charge is 0.245 e. The van der Waals surface area contributed by atoms with Gasteiger partial charge in [0.1, 0.15) is 18.2 Å². The average molecular weight is 358 g/mol. The van der Waals surface area contributed by atoms with Gasteiger partial charge < -0.3 is 15.1 Å². The summed E-state index contributed by atoms with van der Waals surface area (Å²) in [6, 6.07) is 5.48.